The maximum atomic E-state index is 13.2. The first kappa shape index (κ1) is 22.5. The van der Waals surface area contributed by atoms with E-state index in [1.54, 1.807) is 54.3 Å². The number of ketones is 2. The second kappa shape index (κ2) is 9.31. The minimum Gasteiger partial charge on any atom is -0.497 e. The number of methoxy groups -OCH3 is 1. The molecule has 0 aliphatic carbocycles. The molecular weight excluding hydrogens is 396 g/mol. The SMILES string of the molecule is COc1ccc2c(C(=O)c3ccc(OCCCO)cc3)nn(CC(=O)C(C)(C)C)c2c1. The number of carbonyl (C=O) groups is 2. The van der Waals surface area contributed by atoms with E-state index >= 15 is 0 Å². The van der Waals surface area contributed by atoms with E-state index < -0.39 is 5.41 Å². The Kier molecular flexibility index (Phi) is 6.75. The van der Waals surface area contributed by atoms with Crippen molar-refractivity contribution >= 4 is 22.5 Å². The van der Waals surface area contributed by atoms with Crippen molar-refractivity contribution in [2.24, 2.45) is 5.41 Å². The summed E-state index contributed by atoms with van der Waals surface area (Å²) in [5.74, 6) is 1.03. The lowest BCUT2D eigenvalue weighted by molar-refractivity contribution is -0.127. The highest BCUT2D eigenvalue weighted by atomic mass is 16.5. The molecular formula is C24H28N2O5. The summed E-state index contributed by atoms with van der Waals surface area (Å²) >= 11 is 0. The number of Topliss-reactive ketones (excluding diaryl/α,β-unsaturated/α-hetero) is 1. The highest BCUT2D eigenvalue weighted by Gasteiger charge is 2.25. The topological polar surface area (TPSA) is 90.7 Å². The quantitative estimate of drug-likeness (QED) is 0.416. The highest BCUT2D eigenvalue weighted by molar-refractivity contribution is 6.15. The fourth-order valence-electron chi connectivity index (χ4n) is 3.04. The molecule has 7 heteroatoms. The molecule has 0 aliphatic heterocycles. The van der Waals surface area contributed by atoms with Crippen LogP contribution in [0, 0.1) is 5.41 Å². The minimum atomic E-state index is -0.521. The molecule has 0 radical (unpaired) electrons. The fourth-order valence-corrected chi connectivity index (χ4v) is 3.04. The van der Waals surface area contributed by atoms with Crippen molar-refractivity contribution in [2.75, 3.05) is 20.3 Å². The summed E-state index contributed by atoms with van der Waals surface area (Å²) in [4.78, 5) is 25.8. The lowest BCUT2D eigenvalue weighted by Crippen LogP contribution is -2.25. The van der Waals surface area contributed by atoms with Gasteiger partial charge in [0.2, 0.25) is 5.78 Å². The molecule has 2 aromatic carbocycles. The molecule has 164 valence electrons. The van der Waals surface area contributed by atoms with Gasteiger partial charge in [-0.3, -0.25) is 14.3 Å². The number of aliphatic hydroxyl groups is 1. The zero-order chi connectivity index (χ0) is 22.6. The number of fused-ring (bicyclic) bond motifs is 1. The molecule has 0 unspecified atom stereocenters. The van der Waals surface area contributed by atoms with Crippen LogP contribution < -0.4 is 9.47 Å². The second-order valence-electron chi connectivity index (χ2n) is 8.34. The molecule has 0 amide bonds. The van der Waals surface area contributed by atoms with Crippen LogP contribution in [0.1, 0.15) is 43.2 Å². The van der Waals surface area contributed by atoms with Gasteiger partial charge in [0.1, 0.15) is 23.7 Å². The van der Waals surface area contributed by atoms with Gasteiger partial charge >= 0.3 is 0 Å². The predicted octanol–water partition coefficient (Wildman–Crippen LogP) is 3.65. The third-order valence-corrected chi connectivity index (χ3v) is 4.99. The van der Waals surface area contributed by atoms with Crippen molar-refractivity contribution in [3.8, 4) is 11.5 Å². The van der Waals surface area contributed by atoms with Crippen LogP contribution in [0.15, 0.2) is 42.5 Å². The number of benzene rings is 2. The van der Waals surface area contributed by atoms with Gasteiger partial charge in [-0.1, -0.05) is 20.8 Å². The van der Waals surface area contributed by atoms with Crippen LogP contribution in [0.3, 0.4) is 0 Å². The van der Waals surface area contributed by atoms with Gasteiger partial charge in [0.15, 0.2) is 5.78 Å². The van der Waals surface area contributed by atoms with Gasteiger partial charge in [-0.05, 0) is 36.4 Å². The van der Waals surface area contributed by atoms with Crippen LogP contribution in [-0.2, 0) is 11.3 Å². The lowest BCUT2D eigenvalue weighted by atomic mass is 9.91. The molecule has 1 N–H and O–H groups in total. The molecule has 1 aromatic heterocycles. The number of aliphatic hydroxyl groups excluding tert-OH is 1. The number of nitrogens with zero attached hydrogens (tertiary/aromatic N) is 2. The first-order valence-electron chi connectivity index (χ1n) is 10.2. The van der Waals surface area contributed by atoms with E-state index in [4.69, 9.17) is 14.6 Å². The van der Waals surface area contributed by atoms with E-state index in [1.807, 2.05) is 20.8 Å². The van der Waals surface area contributed by atoms with Gasteiger partial charge in [-0.2, -0.15) is 5.10 Å². The van der Waals surface area contributed by atoms with Crippen molar-refractivity contribution < 1.29 is 24.2 Å². The van der Waals surface area contributed by atoms with Crippen molar-refractivity contribution in [3.05, 3.63) is 53.7 Å². The van der Waals surface area contributed by atoms with E-state index in [1.165, 1.54) is 0 Å². The Balaban J connectivity index is 1.95. The summed E-state index contributed by atoms with van der Waals surface area (Å²) in [6.45, 7) is 6.11. The van der Waals surface area contributed by atoms with Crippen molar-refractivity contribution in [1.82, 2.24) is 9.78 Å². The lowest BCUT2D eigenvalue weighted by Gasteiger charge is -2.16. The number of aromatic nitrogens is 2. The first-order valence-corrected chi connectivity index (χ1v) is 10.2. The first-order chi connectivity index (χ1) is 14.7. The predicted molar refractivity (Wildman–Crippen MR) is 118 cm³/mol. The average Bonchev–Trinajstić information content (AvgIpc) is 3.10. The van der Waals surface area contributed by atoms with E-state index in [-0.39, 0.29) is 30.4 Å². The molecule has 0 saturated carbocycles. The second-order valence-corrected chi connectivity index (χ2v) is 8.34. The highest BCUT2D eigenvalue weighted by Crippen LogP contribution is 2.27. The van der Waals surface area contributed by atoms with Crippen LogP contribution in [0.2, 0.25) is 0 Å². The molecule has 3 rings (SSSR count). The minimum absolute atomic E-state index is 0.0168. The summed E-state index contributed by atoms with van der Waals surface area (Å²) in [7, 11) is 1.57. The van der Waals surface area contributed by atoms with E-state index in [0.29, 0.717) is 41.0 Å². The largest absolute Gasteiger partial charge is 0.497 e. The molecule has 0 spiro atoms. The van der Waals surface area contributed by atoms with Gasteiger partial charge in [-0.25, -0.2) is 0 Å². The third kappa shape index (κ3) is 5.11. The van der Waals surface area contributed by atoms with Crippen molar-refractivity contribution in [3.63, 3.8) is 0 Å². The standard InChI is InChI=1S/C24H28N2O5/c1-24(2,3)21(28)15-26-20-14-18(30-4)10-11-19(20)22(25-26)23(29)16-6-8-17(9-7-16)31-13-5-12-27/h6-11,14,27H,5,12-13,15H2,1-4H3. The molecule has 0 atom stereocenters. The smallest absolute Gasteiger partial charge is 0.213 e. The summed E-state index contributed by atoms with van der Waals surface area (Å²) in [6, 6.07) is 12.2. The zero-order valence-electron chi connectivity index (χ0n) is 18.3. The average molecular weight is 424 g/mol. The molecule has 31 heavy (non-hydrogen) atoms. The Hall–Kier alpha value is -3.19. The van der Waals surface area contributed by atoms with Crippen LogP contribution in [-0.4, -0.2) is 46.8 Å². The zero-order valence-corrected chi connectivity index (χ0v) is 18.3. The Labute approximate surface area is 181 Å². The van der Waals surface area contributed by atoms with E-state index in [2.05, 4.69) is 5.10 Å². The molecule has 1 heterocycles. The molecule has 0 fully saturated rings. The van der Waals surface area contributed by atoms with E-state index in [0.717, 1.165) is 0 Å². The monoisotopic (exact) mass is 424 g/mol. The maximum absolute atomic E-state index is 13.2. The number of ether oxygens (including phenoxy) is 2. The summed E-state index contributed by atoms with van der Waals surface area (Å²) in [5, 5.41) is 14.0. The molecule has 0 bridgehead atoms. The number of carbonyl (C=O) groups excluding carboxylic acids is 2. The third-order valence-electron chi connectivity index (χ3n) is 4.99. The summed E-state index contributed by atoms with van der Waals surface area (Å²) in [6.07, 6.45) is 0.543. The van der Waals surface area contributed by atoms with Crippen molar-refractivity contribution in [1.29, 1.82) is 0 Å². The maximum Gasteiger partial charge on any atom is 0.213 e. The molecule has 0 saturated heterocycles. The molecule has 3 aromatic rings. The molecule has 0 aliphatic rings. The van der Waals surface area contributed by atoms with Gasteiger partial charge < -0.3 is 14.6 Å². The normalized spacial score (nSPS) is 11.5. The Morgan fingerprint density at radius 1 is 1.06 bits per heavy atom. The molecule has 7 nitrogen and oxygen atoms in total. The van der Waals surface area contributed by atoms with E-state index in [9.17, 15) is 9.59 Å². The van der Waals surface area contributed by atoms with Gasteiger partial charge in [0, 0.05) is 35.5 Å². The summed E-state index contributed by atoms with van der Waals surface area (Å²) < 4.78 is 12.4. The summed E-state index contributed by atoms with van der Waals surface area (Å²) in [5.41, 5.74) is 0.907. The Morgan fingerprint density at radius 3 is 2.35 bits per heavy atom. The Bertz CT molecular complexity index is 1080. The number of hydrogen-bond donors (Lipinski definition) is 1. The van der Waals surface area contributed by atoms with Gasteiger partial charge in [0.05, 0.1) is 19.2 Å². The van der Waals surface area contributed by atoms with Crippen LogP contribution in [0.25, 0.3) is 10.9 Å². The van der Waals surface area contributed by atoms with Crippen LogP contribution in [0.5, 0.6) is 11.5 Å². The van der Waals surface area contributed by atoms with Crippen molar-refractivity contribution in [2.45, 2.75) is 33.7 Å². The van der Waals surface area contributed by atoms with Gasteiger partial charge in [0.25, 0.3) is 0 Å². The Morgan fingerprint density at radius 2 is 1.74 bits per heavy atom. The number of hydrogen-bond acceptors (Lipinski definition) is 6. The van der Waals surface area contributed by atoms with Crippen LogP contribution in [0.4, 0.5) is 0 Å². The fraction of sp³-hybridized carbons (Fsp3) is 0.375. The number of rotatable bonds is 9. The van der Waals surface area contributed by atoms with Crippen LogP contribution >= 0.6 is 0 Å². The van der Waals surface area contributed by atoms with Gasteiger partial charge in [-0.15, -0.1) is 0 Å².